The topological polar surface area (TPSA) is 342 Å². The summed E-state index contributed by atoms with van der Waals surface area (Å²) < 4.78 is 71.5. The van der Waals surface area contributed by atoms with Crippen molar-refractivity contribution in [3.63, 3.8) is 0 Å². The average molecular weight is 971 g/mol. The summed E-state index contributed by atoms with van der Waals surface area (Å²) in [6.07, 6.45) is 2.39. The maximum atomic E-state index is 12.7. The number of hydrogen-bond acceptors (Lipinski definition) is 21. The molecule has 26 heteroatoms. The Labute approximate surface area is 388 Å². The van der Waals surface area contributed by atoms with E-state index >= 15 is 0 Å². The van der Waals surface area contributed by atoms with Crippen LogP contribution < -0.4 is 31.1 Å². The molecule has 0 atom stereocenters. The summed E-state index contributed by atoms with van der Waals surface area (Å²) in [5.41, 5.74) is 1.83. The quantitative estimate of drug-likeness (QED) is 0.0144. The second-order valence-corrected chi connectivity index (χ2v) is 17.4. The van der Waals surface area contributed by atoms with Crippen LogP contribution in [0.5, 0.6) is 0 Å². The molecule has 24 nitrogen and oxygen atoms in total. The van der Waals surface area contributed by atoms with Gasteiger partial charge in [-0.15, -0.1) is 0 Å². The van der Waals surface area contributed by atoms with Crippen LogP contribution in [0.15, 0.2) is 94.7 Å². The van der Waals surface area contributed by atoms with E-state index in [0.717, 1.165) is 12.1 Å². The number of carbonyl (C=O) groups excluding carboxylic acids is 2. The molecular formula is C42H42N12O12S2. The largest absolute Gasteiger partial charge is 0.480 e. The lowest BCUT2D eigenvalue weighted by Gasteiger charge is -2.18. The van der Waals surface area contributed by atoms with E-state index < -0.39 is 42.5 Å². The zero-order chi connectivity index (χ0) is 49.3. The maximum absolute atomic E-state index is 12.7. The number of carbonyl (C=O) groups is 3. The Balaban J connectivity index is 1.29. The molecule has 0 saturated heterocycles. The molecule has 8 N–H and O–H groups in total. The zero-order valence-electron chi connectivity index (χ0n) is 36.3. The third kappa shape index (κ3) is 13.3. The number of carboxylic acids is 1. The highest BCUT2D eigenvalue weighted by molar-refractivity contribution is 7.86. The molecule has 4 aromatic carbocycles. The van der Waals surface area contributed by atoms with Crippen LogP contribution in [0.1, 0.15) is 45.7 Å². The van der Waals surface area contributed by atoms with Crippen molar-refractivity contribution in [2.75, 3.05) is 64.9 Å². The second kappa shape index (κ2) is 21.1. The first-order chi connectivity index (χ1) is 32.1. The Morgan fingerprint density at radius 3 is 1.26 bits per heavy atom. The van der Waals surface area contributed by atoms with Gasteiger partial charge in [-0.05, 0) is 97.8 Å². The summed E-state index contributed by atoms with van der Waals surface area (Å²) in [7, 11) is -6.87. The number of nitrogens with zero attached hydrogens (tertiary/aromatic N) is 8. The van der Waals surface area contributed by atoms with Crippen LogP contribution in [0.4, 0.5) is 58.4 Å². The monoisotopic (exact) mass is 970 g/mol. The smallest absolute Gasteiger partial charge is 0.323 e. The van der Waals surface area contributed by atoms with Gasteiger partial charge in [-0.1, -0.05) is 24.3 Å². The molecule has 2 heterocycles. The van der Waals surface area contributed by atoms with Crippen LogP contribution >= 0.6 is 0 Å². The number of Topliss-reactive ketones (excluding diaryl/α,β-unsaturated/α-hetero) is 2. The molecule has 0 saturated carbocycles. The summed E-state index contributed by atoms with van der Waals surface area (Å²) in [5.74, 6) is -1.73. The van der Waals surface area contributed by atoms with Gasteiger partial charge in [-0.25, -0.2) is 4.89 Å². The molecule has 2 aromatic heterocycles. The van der Waals surface area contributed by atoms with Gasteiger partial charge in [0, 0.05) is 54.5 Å². The number of hydrogen-bond donors (Lipinski definition) is 8. The number of anilines is 10. The summed E-state index contributed by atoms with van der Waals surface area (Å²) in [5, 5.41) is 29.9. The average Bonchev–Trinajstić information content (AvgIpc) is 3.27. The molecule has 0 bridgehead atoms. The Morgan fingerprint density at radius 1 is 0.574 bits per heavy atom. The van der Waals surface area contributed by atoms with Gasteiger partial charge < -0.3 is 36.2 Å². The predicted molar refractivity (Wildman–Crippen MR) is 250 cm³/mol. The van der Waals surface area contributed by atoms with Gasteiger partial charge in [0.05, 0.1) is 6.61 Å². The second-order valence-electron chi connectivity index (χ2n) is 14.6. The van der Waals surface area contributed by atoms with E-state index in [1.807, 2.05) is 0 Å². The highest BCUT2D eigenvalue weighted by atomic mass is 32.2. The van der Waals surface area contributed by atoms with Gasteiger partial charge in [-0.3, -0.25) is 28.7 Å². The molecular weight excluding hydrogens is 929 g/mol. The van der Waals surface area contributed by atoms with Crippen LogP contribution in [0.2, 0.25) is 0 Å². The first-order valence-electron chi connectivity index (χ1n) is 19.8. The third-order valence-electron chi connectivity index (χ3n) is 9.45. The highest BCUT2D eigenvalue weighted by Gasteiger charge is 2.20. The Kier molecular flexibility index (Phi) is 15.3. The van der Waals surface area contributed by atoms with E-state index in [-0.39, 0.29) is 82.9 Å². The number of benzene rings is 4. The zero-order valence-corrected chi connectivity index (χ0v) is 37.9. The Morgan fingerprint density at radius 2 is 0.926 bits per heavy atom. The molecule has 0 amide bonds. The molecule has 354 valence electrons. The number of ketones is 2. The van der Waals surface area contributed by atoms with Gasteiger partial charge >= 0.3 is 5.97 Å². The first kappa shape index (κ1) is 49.4. The third-order valence-corrected chi connectivity index (χ3v) is 11.3. The van der Waals surface area contributed by atoms with Crippen LogP contribution in [-0.2, 0) is 29.9 Å². The number of nitrogens with one attached hydrogen (secondary N) is 4. The minimum absolute atomic E-state index is 0.0346. The molecule has 0 aliphatic heterocycles. The molecule has 0 spiro atoms. The molecule has 0 aliphatic rings. The fourth-order valence-corrected chi connectivity index (χ4v) is 7.48. The van der Waals surface area contributed by atoms with Gasteiger partial charge in [0.2, 0.25) is 35.7 Å². The summed E-state index contributed by atoms with van der Waals surface area (Å²) in [4.78, 5) is 66.7. The van der Waals surface area contributed by atoms with Crippen molar-refractivity contribution in [3.8, 4) is 0 Å². The van der Waals surface area contributed by atoms with Crippen molar-refractivity contribution in [2.45, 2.75) is 23.6 Å². The summed E-state index contributed by atoms with van der Waals surface area (Å²) in [6, 6.07) is 20.4. The molecule has 0 fully saturated rings. The fourth-order valence-electron chi connectivity index (χ4n) is 6.06. The minimum atomic E-state index is -4.96. The molecule has 0 aliphatic carbocycles. The Hall–Kier alpha value is -8.01. The Bertz CT molecular complexity index is 3120. The van der Waals surface area contributed by atoms with Crippen molar-refractivity contribution in [1.29, 1.82) is 0 Å². The standard InChI is InChI=1S/C42H42N12O12S2/c1-24(55)26-7-13-30(14-8-26)43-37-47-39(50-41(49-37)53(3)19-20-66-59)45-32-17-11-28(34(21-32)67(60,61)62)5-6-29-12-18-33(22-35(29)68(63,64)65)46-40-48-38(51-42(52-40)54(4)23-36(57)58)44-31-15-9-27(10-16-31)25(2)56/h5-18,21-22,59H,19-20,23H2,1-4H3,(H,57,58)(H,60,61,62)(H,63,64,65)(H2,43,45,47,49,50)(H2,44,46,48,51,52)/b6-5+. The van der Waals surface area contributed by atoms with Crippen molar-refractivity contribution in [1.82, 2.24) is 29.9 Å². The summed E-state index contributed by atoms with van der Waals surface area (Å²) >= 11 is 0. The molecule has 0 radical (unpaired) electrons. The molecule has 6 aromatic rings. The minimum Gasteiger partial charge on any atom is -0.480 e. The van der Waals surface area contributed by atoms with Crippen LogP contribution in [-0.4, -0.2) is 118 Å². The summed E-state index contributed by atoms with van der Waals surface area (Å²) in [6.45, 7) is 2.39. The maximum Gasteiger partial charge on any atom is 0.323 e. The number of likely N-dealkylation sites (N-methyl/N-ethyl adjacent to an activating group) is 2. The molecule has 68 heavy (non-hydrogen) atoms. The van der Waals surface area contributed by atoms with E-state index in [2.05, 4.69) is 56.1 Å². The number of rotatable bonds is 21. The van der Waals surface area contributed by atoms with E-state index in [0.29, 0.717) is 22.5 Å². The van der Waals surface area contributed by atoms with Crippen LogP contribution in [0.25, 0.3) is 12.2 Å². The lowest BCUT2D eigenvalue weighted by Crippen LogP contribution is -2.27. The van der Waals surface area contributed by atoms with E-state index in [9.17, 15) is 45.4 Å². The lowest BCUT2D eigenvalue weighted by molar-refractivity contribution is -0.239. The van der Waals surface area contributed by atoms with Crippen molar-refractivity contribution >= 4 is 108 Å². The fraction of sp³-hybridized carbons (Fsp3) is 0.167. The molecule has 0 unspecified atom stereocenters. The van der Waals surface area contributed by atoms with Crippen LogP contribution in [0.3, 0.4) is 0 Å². The SMILES string of the molecule is CC(=O)c1ccc(Nc2nc(Nc3ccc(/C=C/c4ccc(Nc5nc(Nc6ccc(C(C)=O)cc6)nc(N(C)CC(=O)O)n5)cc4S(=O)(=O)O)c(S(=O)(=O)O)c3)nc(N(C)CCOO)n2)cc1. The highest BCUT2D eigenvalue weighted by Crippen LogP contribution is 2.29. The number of carboxylic acid groups (broad SMARTS) is 1. The van der Waals surface area contributed by atoms with Crippen molar-refractivity contribution in [2.24, 2.45) is 0 Å². The normalized spacial score (nSPS) is 11.5. The lowest BCUT2D eigenvalue weighted by atomic mass is 10.1. The van der Waals surface area contributed by atoms with Gasteiger partial charge in [0.1, 0.15) is 16.3 Å². The first-order valence-corrected chi connectivity index (χ1v) is 22.7. The van der Waals surface area contributed by atoms with Gasteiger partial charge in [0.25, 0.3) is 20.2 Å². The predicted octanol–water partition coefficient (Wildman–Crippen LogP) is 5.55. The number of aromatic nitrogens is 6. The van der Waals surface area contributed by atoms with E-state index in [1.165, 1.54) is 67.1 Å². The van der Waals surface area contributed by atoms with Crippen molar-refractivity contribution in [3.05, 3.63) is 107 Å². The molecule has 6 rings (SSSR count). The number of aliphatic carboxylic acids is 1. The van der Waals surface area contributed by atoms with E-state index in [1.54, 1.807) is 55.6 Å². The van der Waals surface area contributed by atoms with Crippen molar-refractivity contribution < 1.29 is 55.6 Å². The van der Waals surface area contributed by atoms with Gasteiger partial charge in [-0.2, -0.15) is 46.7 Å². The van der Waals surface area contributed by atoms with E-state index in [4.69, 9.17) is 5.26 Å². The van der Waals surface area contributed by atoms with Crippen LogP contribution in [0, 0.1) is 0 Å². The van der Waals surface area contributed by atoms with Gasteiger partial charge in [0.15, 0.2) is 11.6 Å².